The van der Waals surface area contributed by atoms with E-state index >= 15 is 0 Å². The topological polar surface area (TPSA) is 95.0 Å². The molecule has 0 aliphatic carbocycles. The smallest absolute Gasteiger partial charge is 0.274 e. The molecule has 2 amide bonds. The first-order valence-corrected chi connectivity index (χ1v) is 8.48. The van der Waals surface area contributed by atoms with E-state index in [9.17, 15) is 9.59 Å². The van der Waals surface area contributed by atoms with Crippen LogP contribution in [-0.2, 0) is 18.9 Å². The van der Waals surface area contributed by atoms with Gasteiger partial charge in [-0.15, -0.1) is 10.2 Å². The van der Waals surface area contributed by atoms with Crippen molar-refractivity contribution in [2.24, 2.45) is 14.1 Å². The Kier molecular flexibility index (Phi) is 4.75. The zero-order chi connectivity index (χ0) is 18.0. The van der Waals surface area contributed by atoms with Gasteiger partial charge < -0.3 is 13.6 Å². The van der Waals surface area contributed by atoms with Gasteiger partial charge >= 0.3 is 0 Å². The zero-order valence-electron chi connectivity index (χ0n) is 14.0. The van der Waals surface area contributed by atoms with Crippen molar-refractivity contribution in [2.75, 3.05) is 5.75 Å². The molecule has 3 aromatic rings. The number of thioether (sulfide) groups is 1. The normalized spacial score (nSPS) is 10.8. The summed E-state index contributed by atoms with van der Waals surface area (Å²) in [6, 6.07) is 5.21. The molecule has 0 bridgehead atoms. The monoisotopic (exact) mass is 359 g/mol. The summed E-state index contributed by atoms with van der Waals surface area (Å²) in [6.45, 7) is 1.85. The van der Waals surface area contributed by atoms with Crippen LogP contribution >= 0.6 is 11.8 Å². The number of aryl methyl sites for hydroxylation is 2. The van der Waals surface area contributed by atoms with Gasteiger partial charge in [0.25, 0.3) is 5.91 Å². The molecular weight excluding hydrogens is 342 g/mol. The molecule has 3 aromatic heterocycles. The molecule has 0 saturated heterocycles. The fraction of sp³-hybridized carbons (Fsp3) is 0.250. The number of furan rings is 1. The van der Waals surface area contributed by atoms with E-state index in [0.29, 0.717) is 16.7 Å². The number of rotatable bonds is 5. The van der Waals surface area contributed by atoms with Crippen LogP contribution in [0.4, 0.5) is 0 Å². The van der Waals surface area contributed by atoms with Crippen molar-refractivity contribution in [1.82, 2.24) is 24.6 Å². The first-order chi connectivity index (χ1) is 12.0. The molecule has 25 heavy (non-hydrogen) atoms. The summed E-state index contributed by atoms with van der Waals surface area (Å²) in [4.78, 5) is 24.0. The maximum absolute atomic E-state index is 12.0. The third kappa shape index (κ3) is 3.50. The van der Waals surface area contributed by atoms with Crippen molar-refractivity contribution in [3.8, 4) is 11.4 Å². The Balaban J connectivity index is 1.61. The lowest BCUT2D eigenvalue weighted by molar-refractivity contribution is -0.117. The number of imide groups is 1. The minimum Gasteiger partial charge on any atom is -0.469 e. The number of carbonyl (C=O) groups excluding carboxylic acids is 2. The highest BCUT2D eigenvalue weighted by Gasteiger charge is 2.17. The third-order valence-electron chi connectivity index (χ3n) is 3.70. The van der Waals surface area contributed by atoms with E-state index in [1.165, 1.54) is 11.8 Å². The standard InChI is InChI=1S/C16H17N5O3S/c1-10-11(6-8-24-10)14-18-19-16(21(14)3)25-9-13(22)17-15(23)12-5-4-7-20(12)2/h4-8H,9H2,1-3H3,(H,17,22,23). The van der Waals surface area contributed by atoms with Crippen molar-refractivity contribution in [3.05, 3.63) is 42.1 Å². The van der Waals surface area contributed by atoms with Crippen LogP contribution in [0.3, 0.4) is 0 Å². The van der Waals surface area contributed by atoms with Gasteiger partial charge in [0.15, 0.2) is 11.0 Å². The molecular formula is C16H17N5O3S. The molecule has 0 fully saturated rings. The van der Waals surface area contributed by atoms with Gasteiger partial charge in [-0.25, -0.2) is 0 Å². The second kappa shape index (κ2) is 6.98. The summed E-state index contributed by atoms with van der Waals surface area (Å²) in [5.41, 5.74) is 1.28. The van der Waals surface area contributed by atoms with Gasteiger partial charge in [-0.1, -0.05) is 11.8 Å². The lowest BCUT2D eigenvalue weighted by atomic mass is 10.2. The van der Waals surface area contributed by atoms with E-state index in [1.54, 1.807) is 40.8 Å². The van der Waals surface area contributed by atoms with Gasteiger partial charge in [-0.3, -0.25) is 14.9 Å². The van der Waals surface area contributed by atoms with Crippen LogP contribution in [0.5, 0.6) is 0 Å². The van der Waals surface area contributed by atoms with Crippen LogP contribution in [-0.4, -0.2) is 36.9 Å². The van der Waals surface area contributed by atoms with Gasteiger partial charge in [0.2, 0.25) is 5.91 Å². The predicted octanol–water partition coefficient (Wildman–Crippen LogP) is 1.77. The first kappa shape index (κ1) is 17.0. The van der Waals surface area contributed by atoms with Crippen molar-refractivity contribution in [2.45, 2.75) is 12.1 Å². The lowest BCUT2D eigenvalue weighted by Crippen LogP contribution is -2.33. The van der Waals surface area contributed by atoms with Crippen LogP contribution < -0.4 is 5.32 Å². The Morgan fingerprint density at radius 1 is 1.28 bits per heavy atom. The van der Waals surface area contributed by atoms with Gasteiger partial charge in [-0.05, 0) is 25.1 Å². The van der Waals surface area contributed by atoms with Crippen molar-refractivity contribution in [3.63, 3.8) is 0 Å². The van der Waals surface area contributed by atoms with Crippen molar-refractivity contribution >= 4 is 23.6 Å². The molecule has 0 atom stereocenters. The second-order valence-electron chi connectivity index (χ2n) is 5.43. The van der Waals surface area contributed by atoms with E-state index in [-0.39, 0.29) is 11.7 Å². The van der Waals surface area contributed by atoms with Crippen molar-refractivity contribution in [1.29, 1.82) is 0 Å². The van der Waals surface area contributed by atoms with E-state index in [0.717, 1.165) is 11.3 Å². The van der Waals surface area contributed by atoms with Crippen LogP contribution in [0.15, 0.2) is 40.2 Å². The minimum atomic E-state index is -0.425. The third-order valence-corrected chi connectivity index (χ3v) is 4.72. The van der Waals surface area contributed by atoms with Gasteiger partial charge in [0, 0.05) is 20.3 Å². The summed E-state index contributed by atoms with van der Waals surface area (Å²) in [6.07, 6.45) is 3.34. The molecule has 3 rings (SSSR count). The Bertz CT molecular complexity index is 924. The largest absolute Gasteiger partial charge is 0.469 e. The maximum atomic E-state index is 12.0. The molecule has 9 heteroatoms. The number of hydrogen-bond acceptors (Lipinski definition) is 6. The molecule has 0 saturated carbocycles. The molecule has 0 aliphatic rings. The minimum absolute atomic E-state index is 0.0620. The van der Waals surface area contributed by atoms with E-state index in [1.807, 2.05) is 20.0 Å². The predicted molar refractivity (Wildman–Crippen MR) is 92.1 cm³/mol. The number of carbonyl (C=O) groups is 2. The molecule has 0 aliphatic heterocycles. The number of hydrogen-bond donors (Lipinski definition) is 1. The molecule has 0 spiro atoms. The number of nitrogens with zero attached hydrogens (tertiary/aromatic N) is 4. The second-order valence-corrected chi connectivity index (χ2v) is 6.37. The van der Waals surface area contributed by atoms with Gasteiger partial charge in [0.1, 0.15) is 11.5 Å². The molecule has 130 valence electrons. The summed E-state index contributed by atoms with van der Waals surface area (Å²) in [5, 5.41) is 11.2. The molecule has 8 nitrogen and oxygen atoms in total. The molecule has 0 unspecified atom stereocenters. The fourth-order valence-corrected chi connectivity index (χ4v) is 3.06. The average Bonchev–Trinajstić information content (AvgIpc) is 3.26. The summed E-state index contributed by atoms with van der Waals surface area (Å²) < 4.78 is 8.72. The van der Waals surface area contributed by atoms with E-state index in [4.69, 9.17) is 4.42 Å². The molecule has 0 radical (unpaired) electrons. The highest BCUT2D eigenvalue weighted by atomic mass is 32.2. The Hall–Kier alpha value is -2.81. The lowest BCUT2D eigenvalue weighted by Gasteiger charge is -2.05. The molecule has 3 heterocycles. The van der Waals surface area contributed by atoms with Crippen LogP contribution in [0, 0.1) is 6.92 Å². The van der Waals surface area contributed by atoms with Gasteiger partial charge in [0.05, 0.1) is 17.6 Å². The maximum Gasteiger partial charge on any atom is 0.274 e. The van der Waals surface area contributed by atoms with E-state index < -0.39 is 5.91 Å². The van der Waals surface area contributed by atoms with Crippen LogP contribution in [0.25, 0.3) is 11.4 Å². The number of aromatic nitrogens is 4. The molecule has 0 aromatic carbocycles. The quantitative estimate of drug-likeness (QED) is 0.698. The van der Waals surface area contributed by atoms with Gasteiger partial charge in [-0.2, -0.15) is 0 Å². The number of amides is 2. The Morgan fingerprint density at radius 3 is 2.72 bits per heavy atom. The summed E-state index contributed by atoms with van der Waals surface area (Å²) in [7, 11) is 3.56. The zero-order valence-corrected chi connectivity index (χ0v) is 14.8. The fourth-order valence-electron chi connectivity index (χ4n) is 2.35. The first-order valence-electron chi connectivity index (χ1n) is 7.49. The van der Waals surface area contributed by atoms with Crippen molar-refractivity contribution < 1.29 is 14.0 Å². The number of nitrogens with one attached hydrogen (secondary N) is 1. The molecule has 1 N–H and O–H groups in total. The van der Waals surface area contributed by atoms with Crippen LogP contribution in [0.2, 0.25) is 0 Å². The highest BCUT2D eigenvalue weighted by Crippen LogP contribution is 2.25. The SMILES string of the molecule is Cc1occc1-c1nnc(SCC(=O)NC(=O)c2cccn2C)n1C. The van der Waals surface area contributed by atoms with Crippen LogP contribution in [0.1, 0.15) is 16.2 Å². The van der Waals surface area contributed by atoms with E-state index in [2.05, 4.69) is 15.5 Å². The average molecular weight is 359 g/mol. The highest BCUT2D eigenvalue weighted by molar-refractivity contribution is 7.99. The Labute approximate surface area is 148 Å². The summed E-state index contributed by atoms with van der Waals surface area (Å²) >= 11 is 1.21. The summed E-state index contributed by atoms with van der Waals surface area (Å²) in [5.74, 6) is 0.657. The Morgan fingerprint density at radius 2 is 2.08 bits per heavy atom.